The van der Waals surface area contributed by atoms with Crippen LogP contribution in [0.4, 0.5) is 0 Å². The van der Waals surface area contributed by atoms with Gasteiger partial charge in [-0.05, 0) is 17.5 Å². The van der Waals surface area contributed by atoms with E-state index in [2.05, 4.69) is 22.3 Å². The Morgan fingerprint density at radius 1 is 1.40 bits per heavy atom. The summed E-state index contributed by atoms with van der Waals surface area (Å²) in [7, 11) is 0. The number of aromatic nitrogens is 2. The quantitative estimate of drug-likeness (QED) is 0.899. The van der Waals surface area contributed by atoms with Gasteiger partial charge in [-0.2, -0.15) is 0 Å². The summed E-state index contributed by atoms with van der Waals surface area (Å²) < 4.78 is 5.53. The van der Waals surface area contributed by atoms with Gasteiger partial charge in [0.15, 0.2) is 0 Å². The minimum absolute atomic E-state index is 0.0985. The molecule has 0 saturated carbocycles. The number of amides is 1. The Labute approximate surface area is 116 Å². The zero-order chi connectivity index (χ0) is 14.1. The van der Waals surface area contributed by atoms with E-state index in [1.165, 1.54) is 11.1 Å². The van der Waals surface area contributed by atoms with Crippen molar-refractivity contribution in [3.05, 3.63) is 47.2 Å². The maximum atomic E-state index is 11.3. The van der Waals surface area contributed by atoms with E-state index in [1.807, 2.05) is 17.0 Å². The minimum Gasteiger partial charge on any atom is -0.424 e. The molecule has 0 fully saturated rings. The van der Waals surface area contributed by atoms with E-state index in [1.54, 1.807) is 6.92 Å². The number of hydrogen-bond acceptors (Lipinski definition) is 5. The van der Waals surface area contributed by atoms with Crippen LogP contribution in [0.25, 0.3) is 0 Å². The first-order valence-corrected chi connectivity index (χ1v) is 6.52. The molecule has 3 rings (SSSR count). The van der Waals surface area contributed by atoms with Crippen molar-refractivity contribution in [1.29, 1.82) is 0 Å². The van der Waals surface area contributed by atoms with Crippen LogP contribution in [0.2, 0.25) is 0 Å². The summed E-state index contributed by atoms with van der Waals surface area (Å²) in [5.41, 5.74) is 7.80. The number of nitrogens with zero attached hydrogens (tertiary/aromatic N) is 3. The molecule has 0 unspecified atom stereocenters. The van der Waals surface area contributed by atoms with Gasteiger partial charge in [-0.25, -0.2) is 0 Å². The molecule has 1 aliphatic heterocycles. The lowest BCUT2D eigenvalue weighted by molar-refractivity contribution is -0.120. The van der Waals surface area contributed by atoms with E-state index < -0.39 is 0 Å². The molecule has 0 bridgehead atoms. The summed E-state index contributed by atoms with van der Waals surface area (Å²) in [6, 6.07) is 8.07. The third kappa shape index (κ3) is 2.42. The third-order valence-corrected chi connectivity index (χ3v) is 3.53. The van der Waals surface area contributed by atoms with E-state index in [0.29, 0.717) is 18.3 Å². The number of aryl methyl sites for hydroxylation is 1. The van der Waals surface area contributed by atoms with Gasteiger partial charge >= 0.3 is 0 Å². The van der Waals surface area contributed by atoms with Crippen LogP contribution in [0.15, 0.2) is 28.7 Å². The number of rotatable bonds is 3. The highest BCUT2D eigenvalue weighted by atomic mass is 16.4. The van der Waals surface area contributed by atoms with Crippen LogP contribution in [0, 0.1) is 6.92 Å². The van der Waals surface area contributed by atoms with E-state index in [9.17, 15) is 4.79 Å². The Bertz CT molecular complexity index is 638. The molecule has 2 aromatic rings. The highest BCUT2D eigenvalue weighted by molar-refractivity contribution is 5.76. The maximum Gasteiger partial charge on any atom is 0.233 e. The van der Waals surface area contributed by atoms with Crippen molar-refractivity contribution in [2.75, 3.05) is 6.54 Å². The van der Waals surface area contributed by atoms with Gasteiger partial charge in [-0.1, -0.05) is 24.3 Å². The molecule has 6 heteroatoms. The van der Waals surface area contributed by atoms with Crippen LogP contribution >= 0.6 is 0 Å². The van der Waals surface area contributed by atoms with Crippen LogP contribution in [0.5, 0.6) is 0 Å². The Balaban J connectivity index is 1.95. The Hall–Kier alpha value is -2.21. The lowest BCUT2D eigenvalue weighted by Crippen LogP contribution is -2.40. The summed E-state index contributed by atoms with van der Waals surface area (Å²) >= 11 is 0. The standard InChI is InChI=1S/C14H16N4O2/c1-9-16-17-14(20-9)12-6-10-4-2-3-5-11(10)7-18(12)8-13(15)19/h2-5,12H,6-8H2,1H3,(H2,15,19)/t12-/m0/s1. The van der Waals surface area contributed by atoms with Crippen LogP contribution in [-0.2, 0) is 17.8 Å². The smallest absolute Gasteiger partial charge is 0.233 e. The van der Waals surface area contributed by atoms with Crippen LogP contribution in [0.1, 0.15) is 29.0 Å². The fourth-order valence-electron chi connectivity index (χ4n) is 2.63. The summed E-state index contributed by atoms with van der Waals surface area (Å²) in [5, 5.41) is 7.96. The lowest BCUT2D eigenvalue weighted by Gasteiger charge is -2.33. The first-order valence-electron chi connectivity index (χ1n) is 6.52. The van der Waals surface area contributed by atoms with E-state index in [0.717, 1.165) is 6.42 Å². The van der Waals surface area contributed by atoms with Crippen molar-refractivity contribution in [3.63, 3.8) is 0 Å². The summed E-state index contributed by atoms with van der Waals surface area (Å²) in [5.74, 6) is 0.710. The minimum atomic E-state index is -0.356. The summed E-state index contributed by atoms with van der Waals surface area (Å²) in [6.45, 7) is 2.59. The fraction of sp³-hybridized carbons (Fsp3) is 0.357. The SMILES string of the molecule is Cc1nnc([C@@H]2Cc3ccccc3CN2CC(N)=O)o1. The van der Waals surface area contributed by atoms with E-state index >= 15 is 0 Å². The highest BCUT2D eigenvalue weighted by Crippen LogP contribution is 2.32. The number of carbonyl (C=O) groups excluding carboxylic acids is 1. The molecule has 1 aromatic carbocycles. The van der Waals surface area contributed by atoms with Gasteiger partial charge in [-0.15, -0.1) is 10.2 Å². The molecular weight excluding hydrogens is 256 g/mol. The molecule has 2 N–H and O–H groups in total. The number of benzene rings is 1. The van der Waals surface area contributed by atoms with E-state index in [-0.39, 0.29) is 18.5 Å². The van der Waals surface area contributed by atoms with Crippen molar-refractivity contribution < 1.29 is 9.21 Å². The lowest BCUT2D eigenvalue weighted by atomic mass is 9.94. The molecule has 1 atom stereocenters. The second-order valence-electron chi connectivity index (χ2n) is 5.02. The molecule has 0 spiro atoms. The first kappa shape index (κ1) is 12.8. The Morgan fingerprint density at radius 2 is 2.15 bits per heavy atom. The van der Waals surface area contributed by atoms with Gasteiger partial charge in [0.2, 0.25) is 17.7 Å². The van der Waals surface area contributed by atoms with Crippen molar-refractivity contribution >= 4 is 5.91 Å². The maximum absolute atomic E-state index is 11.3. The van der Waals surface area contributed by atoms with Gasteiger partial charge in [0, 0.05) is 13.5 Å². The number of nitrogens with two attached hydrogens (primary N) is 1. The average molecular weight is 272 g/mol. The normalized spacial score (nSPS) is 18.8. The van der Waals surface area contributed by atoms with Crippen LogP contribution in [-0.4, -0.2) is 27.5 Å². The van der Waals surface area contributed by atoms with Crippen molar-refractivity contribution in [1.82, 2.24) is 15.1 Å². The first-order chi connectivity index (χ1) is 9.63. The molecular formula is C14H16N4O2. The molecule has 2 heterocycles. The molecule has 1 aliphatic rings. The predicted octanol–water partition coefficient (Wildman–Crippen LogP) is 0.963. The fourth-order valence-corrected chi connectivity index (χ4v) is 2.63. The number of carbonyl (C=O) groups is 1. The van der Waals surface area contributed by atoms with Gasteiger partial charge in [-0.3, -0.25) is 9.69 Å². The third-order valence-electron chi connectivity index (χ3n) is 3.53. The molecule has 20 heavy (non-hydrogen) atoms. The van der Waals surface area contributed by atoms with Crippen molar-refractivity contribution in [2.24, 2.45) is 5.73 Å². The molecule has 104 valence electrons. The Kier molecular flexibility index (Phi) is 3.23. The topological polar surface area (TPSA) is 85.3 Å². The van der Waals surface area contributed by atoms with Crippen LogP contribution < -0.4 is 5.73 Å². The van der Waals surface area contributed by atoms with E-state index in [4.69, 9.17) is 10.2 Å². The average Bonchev–Trinajstić information content (AvgIpc) is 2.84. The van der Waals surface area contributed by atoms with Gasteiger partial charge in [0.05, 0.1) is 12.6 Å². The second kappa shape index (κ2) is 5.05. The van der Waals surface area contributed by atoms with Crippen molar-refractivity contribution in [2.45, 2.75) is 25.9 Å². The van der Waals surface area contributed by atoms with Crippen molar-refractivity contribution in [3.8, 4) is 0 Å². The monoisotopic (exact) mass is 272 g/mol. The molecule has 0 radical (unpaired) electrons. The van der Waals surface area contributed by atoms with Gasteiger partial charge in [0.1, 0.15) is 0 Å². The summed E-state index contributed by atoms with van der Waals surface area (Å²) in [6.07, 6.45) is 0.741. The molecule has 1 aromatic heterocycles. The molecule has 1 amide bonds. The Morgan fingerprint density at radius 3 is 2.80 bits per heavy atom. The second-order valence-corrected chi connectivity index (χ2v) is 5.02. The van der Waals surface area contributed by atoms with Crippen LogP contribution in [0.3, 0.4) is 0 Å². The number of hydrogen-bond donors (Lipinski definition) is 1. The molecule has 0 saturated heterocycles. The van der Waals surface area contributed by atoms with Gasteiger partial charge < -0.3 is 10.2 Å². The number of primary amides is 1. The molecule has 6 nitrogen and oxygen atoms in total. The predicted molar refractivity (Wildman–Crippen MR) is 71.5 cm³/mol. The summed E-state index contributed by atoms with van der Waals surface area (Å²) in [4.78, 5) is 13.3. The van der Waals surface area contributed by atoms with Gasteiger partial charge in [0.25, 0.3) is 0 Å². The molecule has 0 aliphatic carbocycles. The largest absolute Gasteiger partial charge is 0.424 e. The highest BCUT2D eigenvalue weighted by Gasteiger charge is 2.31. The zero-order valence-electron chi connectivity index (χ0n) is 11.2. The zero-order valence-corrected chi connectivity index (χ0v) is 11.2. The number of fused-ring (bicyclic) bond motifs is 1.